The third kappa shape index (κ3) is 2.37. The molecule has 1 N–H and O–H groups in total. The Balaban J connectivity index is 1.98. The monoisotopic (exact) mass is 291 g/mol. The standard InChI is InChI=1S/C14H17N3S2/c1-19-14(8-5-9-14)10-17-12(15-16-13(17)18)11-6-3-2-4-7-11/h2-4,6-7H,5,8-10H2,1H3,(H,16,18). The average molecular weight is 291 g/mol. The van der Waals surface area contributed by atoms with E-state index in [1.54, 1.807) is 0 Å². The van der Waals surface area contributed by atoms with Gasteiger partial charge in [0.2, 0.25) is 0 Å². The molecule has 100 valence electrons. The molecule has 2 aromatic rings. The fourth-order valence-electron chi connectivity index (χ4n) is 2.56. The molecule has 0 radical (unpaired) electrons. The summed E-state index contributed by atoms with van der Waals surface area (Å²) in [5.41, 5.74) is 1.12. The highest BCUT2D eigenvalue weighted by atomic mass is 32.2. The van der Waals surface area contributed by atoms with Gasteiger partial charge in [-0.05, 0) is 31.3 Å². The van der Waals surface area contributed by atoms with Gasteiger partial charge in [0.1, 0.15) is 0 Å². The van der Waals surface area contributed by atoms with E-state index in [0.29, 0.717) is 4.75 Å². The maximum absolute atomic E-state index is 5.40. The lowest BCUT2D eigenvalue weighted by Gasteiger charge is -2.40. The molecular weight excluding hydrogens is 274 g/mol. The summed E-state index contributed by atoms with van der Waals surface area (Å²) in [5.74, 6) is 0.950. The first-order valence-corrected chi connectivity index (χ1v) is 8.13. The summed E-state index contributed by atoms with van der Waals surface area (Å²) >= 11 is 7.36. The van der Waals surface area contributed by atoms with Crippen molar-refractivity contribution in [1.29, 1.82) is 0 Å². The smallest absolute Gasteiger partial charge is 0.195 e. The number of nitrogens with one attached hydrogen (secondary N) is 1. The second-order valence-corrected chi connectivity index (χ2v) is 6.71. The molecule has 0 unspecified atom stereocenters. The Labute approximate surface area is 122 Å². The van der Waals surface area contributed by atoms with Gasteiger partial charge in [-0.25, -0.2) is 0 Å². The zero-order chi connectivity index (χ0) is 13.3. The third-order valence-electron chi connectivity index (χ3n) is 3.93. The summed E-state index contributed by atoms with van der Waals surface area (Å²) in [4.78, 5) is 0. The van der Waals surface area contributed by atoms with Gasteiger partial charge < -0.3 is 0 Å². The molecule has 1 aromatic heterocycles. The van der Waals surface area contributed by atoms with E-state index >= 15 is 0 Å². The minimum atomic E-state index is 0.353. The number of thioether (sulfide) groups is 1. The predicted molar refractivity (Wildman–Crippen MR) is 82.9 cm³/mol. The SMILES string of the molecule is CSC1(Cn2c(-c3ccccc3)n[nH]c2=S)CCC1. The molecule has 3 nitrogen and oxygen atoms in total. The molecule has 1 aliphatic rings. The topological polar surface area (TPSA) is 33.6 Å². The van der Waals surface area contributed by atoms with Gasteiger partial charge in [0, 0.05) is 16.9 Å². The molecule has 1 aliphatic carbocycles. The van der Waals surface area contributed by atoms with Crippen LogP contribution < -0.4 is 0 Å². The molecule has 1 saturated carbocycles. The maximum Gasteiger partial charge on any atom is 0.195 e. The van der Waals surface area contributed by atoms with E-state index in [0.717, 1.165) is 22.7 Å². The fraction of sp³-hybridized carbons (Fsp3) is 0.429. The molecule has 3 rings (SSSR count). The van der Waals surface area contributed by atoms with Crippen molar-refractivity contribution >= 4 is 24.0 Å². The first-order valence-electron chi connectivity index (χ1n) is 6.50. The van der Waals surface area contributed by atoms with E-state index in [9.17, 15) is 0 Å². The van der Waals surface area contributed by atoms with Crippen LogP contribution in [0.4, 0.5) is 0 Å². The number of benzene rings is 1. The molecular formula is C14H17N3S2. The summed E-state index contributed by atoms with van der Waals surface area (Å²) in [6, 6.07) is 10.2. The number of rotatable bonds is 4. The van der Waals surface area contributed by atoms with Crippen LogP contribution in [0.1, 0.15) is 19.3 Å². The second kappa shape index (κ2) is 5.13. The van der Waals surface area contributed by atoms with Crippen molar-refractivity contribution in [2.45, 2.75) is 30.6 Å². The van der Waals surface area contributed by atoms with E-state index in [4.69, 9.17) is 12.2 Å². The van der Waals surface area contributed by atoms with E-state index in [1.807, 2.05) is 30.0 Å². The number of H-pyrrole nitrogens is 1. The largest absolute Gasteiger partial charge is 0.299 e. The Hall–Kier alpha value is -1.07. The molecule has 1 fully saturated rings. The van der Waals surface area contributed by atoms with Crippen LogP contribution >= 0.6 is 24.0 Å². The molecule has 19 heavy (non-hydrogen) atoms. The number of aromatic amines is 1. The Morgan fingerprint density at radius 3 is 2.68 bits per heavy atom. The third-order valence-corrected chi connectivity index (χ3v) is 5.65. The lowest BCUT2D eigenvalue weighted by atomic mass is 9.84. The number of hydrogen-bond acceptors (Lipinski definition) is 3. The van der Waals surface area contributed by atoms with E-state index in [1.165, 1.54) is 19.3 Å². The lowest BCUT2D eigenvalue weighted by molar-refractivity contribution is 0.321. The van der Waals surface area contributed by atoms with Gasteiger partial charge in [-0.15, -0.1) is 0 Å². The van der Waals surface area contributed by atoms with E-state index < -0.39 is 0 Å². The molecule has 0 saturated heterocycles. The summed E-state index contributed by atoms with van der Waals surface area (Å²) in [6.45, 7) is 0.952. The molecule has 0 amide bonds. The fourth-order valence-corrected chi connectivity index (χ4v) is 3.71. The van der Waals surface area contributed by atoms with Crippen molar-refractivity contribution < 1.29 is 0 Å². The van der Waals surface area contributed by atoms with Gasteiger partial charge >= 0.3 is 0 Å². The molecule has 0 atom stereocenters. The van der Waals surface area contributed by atoms with Gasteiger partial charge in [-0.3, -0.25) is 9.67 Å². The Bertz CT molecular complexity index is 606. The minimum Gasteiger partial charge on any atom is -0.299 e. The summed E-state index contributed by atoms with van der Waals surface area (Å²) in [7, 11) is 0. The van der Waals surface area contributed by atoms with Crippen molar-refractivity contribution in [3.05, 3.63) is 35.1 Å². The van der Waals surface area contributed by atoms with Crippen LogP contribution in [0.15, 0.2) is 30.3 Å². The van der Waals surface area contributed by atoms with E-state index in [2.05, 4.69) is 33.2 Å². The Kier molecular flexibility index (Phi) is 3.50. The highest BCUT2D eigenvalue weighted by Gasteiger charge is 2.37. The first-order chi connectivity index (χ1) is 9.24. The van der Waals surface area contributed by atoms with Crippen molar-refractivity contribution in [1.82, 2.24) is 14.8 Å². The molecule has 0 spiro atoms. The number of aromatic nitrogens is 3. The summed E-state index contributed by atoms with van der Waals surface area (Å²) in [6.07, 6.45) is 6.07. The van der Waals surface area contributed by atoms with Crippen LogP contribution in [0, 0.1) is 4.77 Å². The normalized spacial score (nSPS) is 17.1. The molecule has 1 heterocycles. The summed E-state index contributed by atoms with van der Waals surface area (Å²) < 4.78 is 3.23. The van der Waals surface area contributed by atoms with Crippen molar-refractivity contribution in [3.63, 3.8) is 0 Å². The van der Waals surface area contributed by atoms with Crippen LogP contribution in [-0.4, -0.2) is 25.8 Å². The van der Waals surface area contributed by atoms with Gasteiger partial charge in [0.25, 0.3) is 0 Å². The van der Waals surface area contributed by atoms with Crippen LogP contribution in [0.5, 0.6) is 0 Å². The van der Waals surface area contributed by atoms with Crippen LogP contribution in [0.25, 0.3) is 11.4 Å². The zero-order valence-electron chi connectivity index (χ0n) is 10.9. The zero-order valence-corrected chi connectivity index (χ0v) is 12.6. The molecule has 0 bridgehead atoms. The minimum absolute atomic E-state index is 0.353. The first kappa shape index (κ1) is 12.9. The van der Waals surface area contributed by atoms with Gasteiger partial charge in [0.15, 0.2) is 10.6 Å². The average Bonchev–Trinajstić information content (AvgIpc) is 2.76. The lowest BCUT2D eigenvalue weighted by Crippen LogP contribution is -2.38. The second-order valence-electron chi connectivity index (χ2n) is 5.05. The van der Waals surface area contributed by atoms with Crippen LogP contribution in [0.2, 0.25) is 0 Å². The molecule has 5 heteroatoms. The highest BCUT2D eigenvalue weighted by Crippen LogP contribution is 2.44. The quantitative estimate of drug-likeness (QED) is 0.868. The Morgan fingerprint density at radius 1 is 1.37 bits per heavy atom. The highest BCUT2D eigenvalue weighted by molar-refractivity contribution is 8.00. The van der Waals surface area contributed by atoms with Crippen LogP contribution in [-0.2, 0) is 6.54 Å². The van der Waals surface area contributed by atoms with Crippen molar-refractivity contribution in [3.8, 4) is 11.4 Å². The van der Waals surface area contributed by atoms with Gasteiger partial charge in [-0.2, -0.15) is 16.9 Å². The van der Waals surface area contributed by atoms with Crippen molar-refractivity contribution in [2.75, 3.05) is 6.26 Å². The van der Waals surface area contributed by atoms with Gasteiger partial charge in [0.05, 0.1) is 0 Å². The van der Waals surface area contributed by atoms with Crippen LogP contribution in [0.3, 0.4) is 0 Å². The maximum atomic E-state index is 5.40. The van der Waals surface area contributed by atoms with E-state index in [-0.39, 0.29) is 0 Å². The summed E-state index contributed by atoms with van der Waals surface area (Å²) in [5, 5.41) is 7.34. The Morgan fingerprint density at radius 2 is 2.11 bits per heavy atom. The predicted octanol–water partition coefficient (Wildman–Crippen LogP) is 3.89. The van der Waals surface area contributed by atoms with Crippen molar-refractivity contribution in [2.24, 2.45) is 0 Å². The van der Waals surface area contributed by atoms with Gasteiger partial charge in [-0.1, -0.05) is 36.8 Å². The number of hydrogen-bond donors (Lipinski definition) is 1. The molecule has 0 aliphatic heterocycles. The number of nitrogens with zero attached hydrogens (tertiary/aromatic N) is 2. The molecule has 1 aromatic carbocycles.